The number of carbonyl (C=O) groups is 1. The Morgan fingerprint density at radius 3 is 2.54 bits per heavy atom. The molecule has 0 saturated carbocycles. The summed E-state index contributed by atoms with van der Waals surface area (Å²) in [6.45, 7) is 6.46. The van der Waals surface area contributed by atoms with Crippen molar-refractivity contribution in [1.29, 1.82) is 0 Å². The number of β-amino-alcohol motifs (C(OH)–C–C–N with tert-alkyl or cyclic N) is 1. The quantitative estimate of drug-likeness (QED) is 0.863. The average Bonchev–Trinajstić information content (AvgIpc) is 2.52. The second kappa shape index (κ2) is 6.44. The molecule has 0 aliphatic carbocycles. The largest absolute Gasteiger partial charge is 0.444 e. The molecule has 128 valence electrons. The van der Waals surface area contributed by atoms with Gasteiger partial charge in [-0.25, -0.2) is 4.79 Å². The number of aliphatic hydroxyl groups is 1. The number of piperidine rings is 1. The normalized spacial score (nSPS) is 21.8. The lowest BCUT2D eigenvalue weighted by Crippen LogP contribution is -2.47. The van der Waals surface area contributed by atoms with Crippen LogP contribution in [0.5, 0.6) is 0 Å². The summed E-state index contributed by atoms with van der Waals surface area (Å²) in [7, 11) is 0. The Hall–Kier alpha value is -2.07. The van der Waals surface area contributed by atoms with Gasteiger partial charge >= 0.3 is 6.09 Å². The summed E-state index contributed by atoms with van der Waals surface area (Å²) in [5.41, 5.74) is 0.613. The Kier molecular flexibility index (Phi) is 4.50. The number of amides is 1. The number of rotatable bonds is 1. The summed E-state index contributed by atoms with van der Waals surface area (Å²) < 4.78 is 5.40. The minimum absolute atomic E-state index is 0.0493. The molecule has 1 N–H and O–H groups in total. The van der Waals surface area contributed by atoms with E-state index in [1.807, 2.05) is 32.9 Å². The standard InChI is InChI=1S/C20H25NO3/c1-20(2,3)24-19(23)21-11-10-17(18(22)13-21)16-9-8-14-6-4-5-7-15(14)12-16/h4-9,12,17-18,22H,10-11,13H2,1-3H3. The summed E-state index contributed by atoms with van der Waals surface area (Å²) in [6, 6.07) is 14.5. The van der Waals surface area contributed by atoms with Gasteiger partial charge in [0.15, 0.2) is 0 Å². The Morgan fingerprint density at radius 2 is 1.88 bits per heavy atom. The fraction of sp³-hybridized carbons (Fsp3) is 0.450. The topological polar surface area (TPSA) is 49.8 Å². The molecule has 4 nitrogen and oxygen atoms in total. The number of benzene rings is 2. The highest BCUT2D eigenvalue weighted by atomic mass is 16.6. The van der Waals surface area contributed by atoms with Gasteiger partial charge in [-0.2, -0.15) is 0 Å². The van der Waals surface area contributed by atoms with E-state index in [-0.39, 0.29) is 12.0 Å². The molecule has 0 aromatic heterocycles. The third kappa shape index (κ3) is 3.70. The highest BCUT2D eigenvalue weighted by Gasteiger charge is 2.33. The SMILES string of the molecule is CC(C)(C)OC(=O)N1CCC(c2ccc3ccccc3c2)C(O)C1. The monoisotopic (exact) mass is 327 g/mol. The Balaban J connectivity index is 1.72. The first-order valence-corrected chi connectivity index (χ1v) is 8.48. The fourth-order valence-electron chi connectivity index (χ4n) is 3.25. The van der Waals surface area contributed by atoms with E-state index in [2.05, 4.69) is 30.3 Å². The van der Waals surface area contributed by atoms with Crippen LogP contribution in [-0.2, 0) is 4.74 Å². The first-order chi connectivity index (χ1) is 11.3. The average molecular weight is 327 g/mol. The number of aliphatic hydroxyl groups excluding tert-OH is 1. The maximum absolute atomic E-state index is 12.2. The second-order valence-corrected chi connectivity index (χ2v) is 7.50. The van der Waals surface area contributed by atoms with Crippen LogP contribution in [0.15, 0.2) is 42.5 Å². The lowest BCUT2D eigenvalue weighted by molar-refractivity contribution is -0.00150. The van der Waals surface area contributed by atoms with Gasteiger partial charge in [-0.05, 0) is 43.5 Å². The van der Waals surface area contributed by atoms with E-state index in [1.165, 1.54) is 10.8 Å². The molecule has 0 radical (unpaired) electrons. The maximum Gasteiger partial charge on any atom is 0.410 e. The summed E-state index contributed by atoms with van der Waals surface area (Å²) in [6.07, 6.45) is -0.190. The third-order valence-electron chi connectivity index (χ3n) is 4.44. The highest BCUT2D eigenvalue weighted by molar-refractivity contribution is 5.83. The van der Waals surface area contributed by atoms with Crippen LogP contribution in [0.2, 0.25) is 0 Å². The number of likely N-dealkylation sites (tertiary alicyclic amines) is 1. The molecule has 1 fully saturated rings. The van der Waals surface area contributed by atoms with Gasteiger partial charge in [0.25, 0.3) is 0 Å². The third-order valence-corrected chi connectivity index (χ3v) is 4.44. The van der Waals surface area contributed by atoms with Crippen molar-refractivity contribution in [3.63, 3.8) is 0 Å². The molecule has 24 heavy (non-hydrogen) atoms. The van der Waals surface area contributed by atoms with E-state index in [0.29, 0.717) is 13.1 Å². The molecule has 1 saturated heterocycles. The minimum Gasteiger partial charge on any atom is -0.444 e. The number of hydrogen-bond acceptors (Lipinski definition) is 3. The van der Waals surface area contributed by atoms with Gasteiger partial charge in [-0.3, -0.25) is 0 Å². The van der Waals surface area contributed by atoms with Gasteiger partial charge in [0.2, 0.25) is 0 Å². The van der Waals surface area contributed by atoms with Crippen molar-refractivity contribution in [2.24, 2.45) is 0 Å². The van der Waals surface area contributed by atoms with Crippen LogP contribution >= 0.6 is 0 Å². The zero-order chi connectivity index (χ0) is 17.3. The van der Waals surface area contributed by atoms with Crippen LogP contribution in [0.1, 0.15) is 38.7 Å². The van der Waals surface area contributed by atoms with E-state index in [4.69, 9.17) is 4.74 Å². The zero-order valence-electron chi connectivity index (χ0n) is 14.5. The summed E-state index contributed by atoms with van der Waals surface area (Å²) in [5.74, 6) is 0.0493. The molecular weight excluding hydrogens is 302 g/mol. The number of fused-ring (bicyclic) bond motifs is 1. The van der Waals surface area contributed by atoms with Crippen molar-refractivity contribution >= 4 is 16.9 Å². The van der Waals surface area contributed by atoms with Crippen LogP contribution in [-0.4, -0.2) is 40.9 Å². The van der Waals surface area contributed by atoms with E-state index >= 15 is 0 Å². The smallest absolute Gasteiger partial charge is 0.410 e. The second-order valence-electron chi connectivity index (χ2n) is 7.50. The van der Waals surface area contributed by atoms with Crippen LogP contribution in [0.25, 0.3) is 10.8 Å². The van der Waals surface area contributed by atoms with Gasteiger partial charge in [0.1, 0.15) is 5.60 Å². The van der Waals surface area contributed by atoms with E-state index in [0.717, 1.165) is 12.0 Å². The molecule has 2 aromatic rings. The molecule has 1 heterocycles. The van der Waals surface area contributed by atoms with Gasteiger partial charge in [0.05, 0.1) is 12.6 Å². The number of hydrogen-bond donors (Lipinski definition) is 1. The molecule has 0 spiro atoms. The van der Waals surface area contributed by atoms with Crippen molar-refractivity contribution in [3.8, 4) is 0 Å². The summed E-state index contributed by atoms with van der Waals surface area (Å²) >= 11 is 0. The van der Waals surface area contributed by atoms with Crippen molar-refractivity contribution < 1.29 is 14.6 Å². The van der Waals surface area contributed by atoms with Crippen LogP contribution in [0.3, 0.4) is 0 Å². The lowest BCUT2D eigenvalue weighted by Gasteiger charge is -2.37. The first kappa shape index (κ1) is 16.8. The molecule has 1 aliphatic heterocycles. The van der Waals surface area contributed by atoms with Gasteiger partial charge in [-0.15, -0.1) is 0 Å². The molecule has 1 amide bonds. The molecule has 2 atom stereocenters. The minimum atomic E-state index is -0.576. The van der Waals surface area contributed by atoms with Crippen LogP contribution < -0.4 is 0 Å². The van der Waals surface area contributed by atoms with E-state index < -0.39 is 11.7 Å². The van der Waals surface area contributed by atoms with Crippen LogP contribution in [0, 0.1) is 0 Å². The molecular formula is C20H25NO3. The molecule has 2 aromatic carbocycles. The number of carbonyl (C=O) groups excluding carboxylic acids is 1. The molecule has 2 unspecified atom stereocenters. The fourth-order valence-corrected chi connectivity index (χ4v) is 3.25. The molecule has 4 heteroatoms. The van der Waals surface area contributed by atoms with E-state index in [9.17, 15) is 9.90 Å². The number of ether oxygens (including phenoxy) is 1. The van der Waals surface area contributed by atoms with Crippen molar-refractivity contribution in [2.45, 2.75) is 44.8 Å². The van der Waals surface area contributed by atoms with Gasteiger partial charge < -0.3 is 14.7 Å². The Labute approximate surface area is 143 Å². The van der Waals surface area contributed by atoms with Gasteiger partial charge in [-0.1, -0.05) is 42.5 Å². The van der Waals surface area contributed by atoms with E-state index in [1.54, 1.807) is 4.90 Å². The predicted octanol–water partition coefficient (Wildman–Crippen LogP) is 3.93. The first-order valence-electron chi connectivity index (χ1n) is 8.48. The van der Waals surface area contributed by atoms with Gasteiger partial charge in [0, 0.05) is 12.5 Å². The lowest BCUT2D eigenvalue weighted by atomic mass is 9.86. The number of nitrogens with zero attached hydrogens (tertiary/aromatic N) is 1. The van der Waals surface area contributed by atoms with Crippen molar-refractivity contribution in [2.75, 3.05) is 13.1 Å². The zero-order valence-corrected chi connectivity index (χ0v) is 14.5. The van der Waals surface area contributed by atoms with Crippen molar-refractivity contribution in [3.05, 3.63) is 48.0 Å². The molecule has 0 bridgehead atoms. The highest BCUT2D eigenvalue weighted by Crippen LogP contribution is 2.31. The van der Waals surface area contributed by atoms with Crippen molar-refractivity contribution in [1.82, 2.24) is 4.90 Å². The Morgan fingerprint density at radius 1 is 1.17 bits per heavy atom. The molecule has 3 rings (SSSR count). The predicted molar refractivity (Wildman–Crippen MR) is 95.1 cm³/mol. The summed E-state index contributed by atoms with van der Waals surface area (Å²) in [5, 5.41) is 12.9. The molecule has 1 aliphatic rings. The Bertz CT molecular complexity index is 735. The van der Waals surface area contributed by atoms with Crippen LogP contribution in [0.4, 0.5) is 4.79 Å². The summed E-state index contributed by atoms with van der Waals surface area (Å²) in [4.78, 5) is 13.8. The maximum atomic E-state index is 12.2.